The molecule has 4 nitrogen and oxygen atoms in total. The summed E-state index contributed by atoms with van der Waals surface area (Å²) in [5.41, 5.74) is 0.656. The molecule has 1 N–H and O–H groups in total. The van der Waals surface area contributed by atoms with Gasteiger partial charge in [-0.15, -0.1) is 0 Å². The lowest BCUT2D eigenvalue weighted by Gasteiger charge is -2.06. The van der Waals surface area contributed by atoms with Gasteiger partial charge in [-0.25, -0.2) is 0 Å². The number of benzene rings is 2. The van der Waals surface area contributed by atoms with E-state index in [0.717, 1.165) is 10.8 Å². The number of carbonyl (C=O) groups is 1. The Morgan fingerprint density at radius 1 is 1.11 bits per heavy atom. The molecule has 19 heavy (non-hydrogen) atoms. The van der Waals surface area contributed by atoms with Crippen molar-refractivity contribution in [2.45, 2.75) is 0 Å². The molecule has 0 saturated carbocycles. The zero-order chi connectivity index (χ0) is 13.2. The summed E-state index contributed by atoms with van der Waals surface area (Å²) in [6, 6.07) is 15.3. The molecule has 3 aromatic rings. The fourth-order valence-electron chi connectivity index (χ4n) is 2.09. The van der Waals surface area contributed by atoms with E-state index in [9.17, 15) is 4.79 Å². The van der Waals surface area contributed by atoms with Crippen LogP contribution in [0.4, 0.5) is 5.82 Å². The van der Waals surface area contributed by atoms with Crippen molar-refractivity contribution < 1.29 is 4.79 Å². The lowest BCUT2D eigenvalue weighted by molar-refractivity contribution is 0.102. The van der Waals surface area contributed by atoms with Crippen LogP contribution in [0, 0.1) is 0 Å². The second kappa shape index (κ2) is 4.57. The lowest BCUT2D eigenvalue weighted by atomic mass is 10.0. The summed E-state index contributed by atoms with van der Waals surface area (Å²) in [7, 11) is 1.81. The quantitative estimate of drug-likeness (QED) is 0.761. The Balaban J connectivity index is 1.97. The number of hydrogen-bond acceptors (Lipinski definition) is 2. The van der Waals surface area contributed by atoms with Gasteiger partial charge in [0.2, 0.25) is 0 Å². The molecule has 0 aliphatic rings. The van der Waals surface area contributed by atoms with Gasteiger partial charge in [-0.05, 0) is 16.8 Å². The molecular formula is C15H13N3O. The Morgan fingerprint density at radius 3 is 2.68 bits per heavy atom. The third-order valence-electron chi connectivity index (χ3n) is 2.99. The van der Waals surface area contributed by atoms with Crippen LogP contribution < -0.4 is 5.32 Å². The maximum atomic E-state index is 12.3. The fourth-order valence-corrected chi connectivity index (χ4v) is 2.09. The van der Waals surface area contributed by atoms with E-state index in [0.29, 0.717) is 11.4 Å². The Labute approximate surface area is 110 Å². The highest BCUT2D eigenvalue weighted by Crippen LogP contribution is 2.19. The third kappa shape index (κ3) is 2.20. The minimum atomic E-state index is -0.143. The molecule has 0 saturated heterocycles. The molecule has 0 radical (unpaired) electrons. The second-order valence-corrected chi connectivity index (χ2v) is 4.36. The molecule has 3 rings (SSSR count). The van der Waals surface area contributed by atoms with E-state index >= 15 is 0 Å². The van der Waals surface area contributed by atoms with Crippen LogP contribution >= 0.6 is 0 Å². The number of fused-ring (bicyclic) bond motifs is 1. The Morgan fingerprint density at radius 2 is 1.89 bits per heavy atom. The summed E-state index contributed by atoms with van der Waals surface area (Å²) in [4.78, 5) is 12.3. The van der Waals surface area contributed by atoms with Gasteiger partial charge < -0.3 is 5.32 Å². The molecule has 0 aliphatic carbocycles. The zero-order valence-corrected chi connectivity index (χ0v) is 10.5. The summed E-state index contributed by atoms with van der Waals surface area (Å²) in [5.74, 6) is 0.413. The van der Waals surface area contributed by atoms with E-state index in [1.165, 1.54) is 0 Å². The molecule has 1 amide bonds. The van der Waals surface area contributed by atoms with Gasteiger partial charge in [0.1, 0.15) is 0 Å². The highest BCUT2D eigenvalue weighted by molar-refractivity contribution is 6.12. The van der Waals surface area contributed by atoms with Gasteiger partial charge in [0.25, 0.3) is 5.91 Å². The van der Waals surface area contributed by atoms with Crippen molar-refractivity contribution >= 4 is 22.5 Å². The third-order valence-corrected chi connectivity index (χ3v) is 2.99. The first-order chi connectivity index (χ1) is 9.24. The summed E-state index contributed by atoms with van der Waals surface area (Å²) in [6.45, 7) is 0. The molecule has 0 aliphatic heterocycles. The van der Waals surface area contributed by atoms with Crippen LogP contribution in [-0.2, 0) is 7.05 Å². The predicted octanol–water partition coefficient (Wildman–Crippen LogP) is 2.83. The summed E-state index contributed by atoms with van der Waals surface area (Å²) in [6.07, 6.45) is 1.79. The number of aromatic nitrogens is 2. The van der Waals surface area contributed by atoms with E-state index in [4.69, 9.17) is 0 Å². The smallest absolute Gasteiger partial charge is 0.257 e. The van der Waals surface area contributed by atoms with Crippen LogP contribution in [-0.4, -0.2) is 15.7 Å². The number of anilines is 1. The predicted molar refractivity (Wildman–Crippen MR) is 75.1 cm³/mol. The summed E-state index contributed by atoms with van der Waals surface area (Å²) >= 11 is 0. The average Bonchev–Trinajstić information content (AvgIpc) is 2.83. The van der Waals surface area contributed by atoms with E-state index in [2.05, 4.69) is 10.4 Å². The Bertz CT molecular complexity index is 740. The van der Waals surface area contributed by atoms with Crippen molar-refractivity contribution in [3.63, 3.8) is 0 Å². The normalized spacial score (nSPS) is 10.6. The van der Waals surface area contributed by atoms with Crippen molar-refractivity contribution in [3.05, 3.63) is 60.3 Å². The van der Waals surface area contributed by atoms with Crippen molar-refractivity contribution in [1.82, 2.24) is 9.78 Å². The summed E-state index contributed by atoms with van der Waals surface area (Å²) < 4.78 is 1.65. The second-order valence-electron chi connectivity index (χ2n) is 4.36. The monoisotopic (exact) mass is 251 g/mol. The number of hydrogen-bond donors (Lipinski definition) is 1. The lowest BCUT2D eigenvalue weighted by Crippen LogP contribution is -2.13. The van der Waals surface area contributed by atoms with Crippen molar-refractivity contribution in [1.29, 1.82) is 0 Å². The van der Waals surface area contributed by atoms with Crippen molar-refractivity contribution in [3.8, 4) is 0 Å². The van der Waals surface area contributed by atoms with Crippen LogP contribution in [0.15, 0.2) is 54.7 Å². The van der Waals surface area contributed by atoms with Crippen LogP contribution in [0.5, 0.6) is 0 Å². The largest absolute Gasteiger partial charge is 0.305 e. The Kier molecular flexibility index (Phi) is 2.76. The first-order valence-electron chi connectivity index (χ1n) is 6.03. The molecule has 94 valence electrons. The highest BCUT2D eigenvalue weighted by Gasteiger charge is 2.10. The number of nitrogens with one attached hydrogen (secondary N) is 1. The number of amides is 1. The number of rotatable bonds is 2. The molecule has 0 unspecified atom stereocenters. The molecule has 1 heterocycles. The molecule has 0 bridgehead atoms. The first-order valence-corrected chi connectivity index (χ1v) is 6.03. The van der Waals surface area contributed by atoms with Gasteiger partial charge >= 0.3 is 0 Å². The molecule has 2 aromatic carbocycles. The van der Waals surface area contributed by atoms with Gasteiger partial charge in [0, 0.05) is 24.9 Å². The van der Waals surface area contributed by atoms with Crippen molar-refractivity contribution in [2.24, 2.45) is 7.05 Å². The van der Waals surface area contributed by atoms with Crippen LogP contribution in [0.25, 0.3) is 10.8 Å². The van der Waals surface area contributed by atoms with Gasteiger partial charge in [-0.3, -0.25) is 9.48 Å². The SMILES string of the molecule is Cn1ccc(NC(=O)c2cccc3ccccc23)n1. The molecule has 0 atom stereocenters. The molecule has 0 fully saturated rings. The van der Waals surface area contributed by atoms with Crippen LogP contribution in [0.3, 0.4) is 0 Å². The molecular weight excluding hydrogens is 238 g/mol. The van der Waals surface area contributed by atoms with E-state index in [1.54, 1.807) is 16.9 Å². The van der Waals surface area contributed by atoms with Gasteiger partial charge in [0.15, 0.2) is 5.82 Å². The minimum Gasteiger partial charge on any atom is -0.305 e. The summed E-state index contributed by atoms with van der Waals surface area (Å²) in [5, 5.41) is 8.94. The topological polar surface area (TPSA) is 46.9 Å². The zero-order valence-electron chi connectivity index (χ0n) is 10.5. The Hall–Kier alpha value is -2.62. The average molecular weight is 251 g/mol. The minimum absolute atomic E-state index is 0.143. The number of aryl methyl sites for hydroxylation is 1. The van der Waals surface area contributed by atoms with Gasteiger partial charge in [-0.2, -0.15) is 5.10 Å². The van der Waals surface area contributed by atoms with E-state index in [1.807, 2.05) is 49.5 Å². The molecule has 1 aromatic heterocycles. The van der Waals surface area contributed by atoms with Gasteiger partial charge in [-0.1, -0.05) is 36.4 Å². The van der Waals surface area contributed by atoms with Crippen LogP contribution in [0.2, 0.25) is 0 Å². The number of nitrogens with zero attached hydrogens (tertiary/aromatic N) is 2. The van der Waals surface area contributed by atoms with Gasteiger partial charge in [0.05, 0.1) is 0 Å². The molecule has 4 heteroatoms. The first kappa shape index (κ1) is 11.5. The molecule has 0 spiro atoms. The van der Waals surface area contributed by atoms with E-state index < -0.39 is 0 Å². The maximum absolute atomic E-state index is 12.3. The fraction of sp³-hybridized carbons (Fsp3) is 0.0667. The van der Waals surface area contributed by atoms with Crippen molar-refractivity contribution in [2.75, 3.05) is 5.32 Å². The number of carbonyl (C=O) groups excluding carboxylic acids is 1. The van der Waals surface area contributed by atoms with Crippen LogP contribution in [0.1, 0.15) is 10.4 Å². The highest BCUT2D eigenvalue weighted by atomic mass is 16.1. The standard InChI is InChI=1S/C15H13N3O/c1-18-10-9-14(17-18)16-15(19)13-8-4-6-11-5-2-3-7-12(11)13/h2-10H,1H3,(H,16,17,19). The maximum Gasteiger partial charge on any atom is 0.257 e. The van der Waals surface area contributed by atoms with E-state index in [-0.39, 0.29) is 5.91 Å².